The topological polar surface area (TPSA) is 87.0 Å². The van der Waals surface area contributed by atoms with Crippen molar-refractivity contribution in [1.29, 1.82) is 0 Å². The van der Waals surface area contributed by atoms with E-state index in [0.29, 0.717) is 11.4 Å². The molecule has 36 heavy (non-hydrogen) atoms. The number of aromatic amines is 1. The van der Waals surface area contributed by atoms with Gasteiger partial charge in [-0.3, -0.25) is 4.79 Å². The van der Waals surface area contributed by atoms with Crippen LogP contribution in [-0.4, -0.2) is 44.3 Å². The van der Waals surface area contributed by atoms with Gasteiger partial charge < -0.3 is 19.6 Å². The largest absolute Gasteiger partial charge is 0.396 e. The Morgan fingerprint density at radius 3 is 2.58 bits per heavy atom. The number of hydrogen-bond donors (Lipinski definition) is 2. The van der Waals surface area contributed by atoms with Gasteiger partial charge in [0.1, 0.15) is 10.4 Å². The van der Waals surface area contributed by atoms with Crippen LogP contribution in [0.3, 0.4) is 0 Å². The minimum atomic E-state index is -0.109. The number of nitrogens with one attached hydrogen (secondary N) is 1. The van der Waals surface area contributed by atoms with Gasteiger partial charge in [0.25, 0.3) is 5.56 Å². The number of fused-ring (bicyclic) bond motifs is 2. The fourth-order valence-electron chi connectivity index (χ4n) is 5.37. The quantitative estimate of drug-likeness (QED) is 0.333. The van der Waals surface area contributed by atoms with Crippen LogP contribution in [0.1, 0.15) is 72.3 Å². The summed E-state index contributed by atoms with van der Waals surface area (Å²) >= 11 is 1.62. The SMILES string of the molecule is CC.CC.O=c1[nH]cnc2c(-c3ccc4c(c3)ncn4C3CCCCC3)sc(N3CCC(CO)C3)c12. The van der Waals surface area contributed by atoms with Gasteiger partial charge in [-0.15, -0.1) is 11.3 Å². The first-order valence-corrected chi connectivity index (χ1v) is 14.4. The molecule has 4 aromatic rings. The second-order valence-corrected chi connectivity index (χ2v) is 10.1. The Balaban J connectivity index is 0.000000726. The molecule has 1 aliphatic carbocycles. The van der Waals surface area contributed by atoms with Crippen molar-refractivity contribution < 1.29 is 5.11 Å². The molecule has 0 bridgehead atoms. The highest BCUT2D eigenvalue weighted by Crippen LogP contribution is 2.43. The summed E-state index contributed by atoms with van der Waals surface area (Å²) in [6.07, 6.45) is 10.8. The Bertz CT molecular complexity index is 1330. The monoisotopic (exact) mass is 509 g/mol. The third kappa shape index (κ3) is 4.93. The first kappa shape index (κ1) is 26.4. The Labute approximate surface area is 217 Å². The van der Waals surface area contributed by atoms with E-state index in [1.807, 2.05) is 34.0 Å². The van der Waals surface area contributed by atoms with Gasteiger partial charge in [0.2, 0.25) is 0 Å². The zero-order valence-corrected chi connectivity index (χ0v) is 22.8. The van der Waals surface area contributed by atoms with Crippen LogP contribution in [-0.2, 0) is 0 Å². The number of aliphatic hydroxyl groups excluding tert-OH is 1. The minimum absolute atomic E-state index is 0.109. The van der Waals surface area contributed by atoms with Crippen molar-refractivity contribution in [2.45, 2.75) is 72.3 Å². The molecular formula is C28H39N5O2S. The second-order valence-electron chi connectivity index (χ2n) is 9.12. The van der Waals surface area contributed by atoms with Crippen LogP contribution >= 0.6 is 11.3 Å². The summed E-state index contributed by atoms with van der Waals surface area (Å²) in [4.78, 5) is 28.0. The predicted octanol–water partition coefficient (Wildman–Crippen LogP) is 6.38. The number of thiophene rings is 1. The maximum absolute atomic E-state index is 12.8. The molecule has 1 saturated carbocycles. The number of aromatic nitrogens is 4. The van der Waals surface area contributed by atoms with Gasteiger partial charge in [0.05, 0.1) is 34.1 Å². The normalized spacial score (nSPS) is 18.1. The van der Waals surface area contributed by atoms with Gasteiger partial charge in [-0.25, -0.2) is 9.97 Å². The van der Waals surface area contributed by atoms with Gasteiger partial charge in [0, 0.05) is 31.7 Å². The Morgan fingerprint density at radius 2 is 1.86 bits per heavy atom. The average molecular weight is 510 g/mol. The number of rotatable bonds is 4. The van der Waals surface area contributed by atoms with Gasteiger partial charge in [-0.2, -0.15) is 0 Å². The molecule has 8 heteroatoms. The van der Waals surface area contributed by atoms with Crippen molar-refractivity contribution in [3.8, 4) is 10.4 Å². The molecule has 194 valence electrons. The smallest absolute Gasteiger partial charge is 0.261 e. The fourth-order valence-corrected chi connectivity index (χ4v) is 6.65. The van der Waals surface area contributed by atoms with Crippen LogP contribution in [0.25, 0.3) is 32.4 Å². The zero-order chi connectivity index (χ0) is 25.7. The maximum Gasteiger partial charge on any atom is 0.261 e. The number of nitrogens with zero attached hydrogens (tertiary/aromatic N) is 4. The van der Waals surface area contributed by atoms with Crippen LogP contribution in [0.5, 0.6) is 0 Å². The molecule has 1 unspecified atom stereocenters. The number of aliphatic hydroxyl groups is 1. The van der Waals surface area contributed by atoms with Crippen molar-refractivity contribution in [2.75, 3.05) is 24.6 Å². The molecule has 0 amide bonds. The number of imidazole rings is 1. The van der Waals surface area contributed by atoms with E-state index in [1.54, 1.807) is 11.3 Å². The van der Waals surface area contributed by atoms with Crippen molar-refractivity contribution in [2.24, 2.45) is 5.92 Å². The molecule has 3 aromatic heterocycles. The fraction of sp³-hybridized carbons (Fsp3) is 0.536. The van der Waals surface area contributed by atoms with Gasteiger partial charge in [-0.05, 0) is 37.0 Å². The number of benzene rings is 1. The van der Waals surface area contributed by atoms with Gasteiger partial charge >= 0.3 is 0 Å². The van der Waals surface area contributed by atoms with Crippen LogP contribution < -0.4 is 10.5 Å². The molecule has 1 aromatic carbocycles. The molecule has 1 aliphatic heterocycles. The van der Waals surface area contributed by atoms with Crippen LogP contribution in [0, 0.1) is 5.92 Å². The van der Waals surface area contributed by atoms with E-state index < -0.39 is 0 Å². The van der Waals surface area contributed by atoms with Crippen molar-refractivity contribution >= 4 is 38.3 Å². The summed E-state index contributed by atoms with van der Waals surface area (Å²) in [6.45, 7) is 9.80. The number of hydrogen-bond acceptors (Lipinski definition) is 6. The van der Waals surface area contributed by atoms with E-state index in [4.69, 9.17) is 4.98 Å². The molecule has 2 aliphatic rings. The first-order valence-electron chi connectivity index (χ1n) is 13.6. The van der Waals surface area contributed by atoms with Crippen LogP contribution in [0.2, 0.25) is 0 Å². The third-order valence-electron chi connectivity index (χ3n) is 7.12. The average Bonchev–Trinajstić information content (AvgIpc) is 3.68. The summed E-state index contributed by atoms with van der Waals surface area (Å²) in [5.41, 5.74) is 3.85. The molecular weight excluding hydrogens is 470 g/mol. The van der Waals surface area contributed by atoms with Crippen LogP contribution in [0.4, 0.5) is 5.00 Å². The molecule has 4 heterocycles. The molecule has 0 spiro atoms. The molecule has 0 radical (unpaired) electrons. The Hall–Kier alpha value is -2.71. The minimum Gasteiger partial charge on any atom is -0.396 e. The highest BCUT2D eigenvalue weighted by Gasteiger charge is 2.28. The molecule has 2 fully saturated rings. The lowest BCUT2D eigenvalue weighted by Crippen LogP contribution is -2.21. The standard InChI is InChI=1S/C24H27N5O2S.2C2H6/c30-12-15-8-9-28(11-15)24-20-21(25-13-26-23(20)31)22(32-24)16-6-7-19-18(10-16)27-14-29(19)17-4-2-1-3-5-17;2*1-2/h6-7,10,13-15,17,30H,1-5,8-9,11-12H2,(H,25,26,31);2*1-2H3. The summed E-state index contributed by atoms with van der Waals surface area (Å²) in [5, 5.41) is 11.2. The maximum atomic E-state index is 12.8. The highest BCUT2D eigenvalue weighted by atomic mass is 32.1. The van der Waals surface area contributed by atoms with Crippen LogP contribution in [0.15, 0.2) is 35.6 Å². The van der Waals surface area contributed by atoms with E-state index in [0.717, 1.165) is 46.0 Å². The molecule has 2 N–H and O–H groups in total. The molecule has 1 saturated heterocycles. The van der Waals surface area contributed by atoms with E-state index >= 15 is 0 Å². The highest BCUT2D eigenvalue weighted by molar-refractivity contribution is 7.21. The number of anilines is 1. The Kier molecular flexibility index (Phi) is 8.80. The lowest BCUT2D eigenvalue weighted by atomic mass is 9.95. The van der Waals surface area contributed by atoms with Crippen molar-refractivity contribution in [3.05, 3.63) is 41.2 Å². The van der Waals surface area contributed by atoms with Gasteiger partial charge in [0.15, 0.2) is 0 Å². The predicted molar refractivity (Wildman–Crippen MR) is 151 cm³/mol. The van der Waals surface area contributed by atoms with E-state index in [9.17, 15) is 9.90 Å². The Morgan fingerprint density at radius 1 is 1.08 bits per heavy atom. The summed E-state index contributed by atoms with van der Waals surface area (Å²) in [6, 6.07) is 6.99. The summed E-state index contributed by atoms with van der Waals surface area (Å²) < 4.78 is 2.35. The second kappa shape index (κ2) is 12.0. The van der Waals surface area contributed by atoms with Crippen molar-refractivity contribution in [1.82, 2.24) is 19.5 Å². The molecule has 1 atom stereocenters. The van der Waals surface area contributed by atoms with E-state index in [1.165, 1.54) is 43.9 Å². The van der Waals surface area contributed by atoms with Crippen molar-refractivity contribution in [3.63, 3.8) is 0 Å². The molecule has 6 rings (SSSR count). The van der Waals surface area contributed by atoms with E-state index in [2.05, 4.69) is 37.6 Å². The lowest BCUT2D eigenvalue weighted by molar-refractivity contribution is 0.239. The third-order valence-corrected chi connectivity index (χ3v) is 8.41. The first-order chi connectivity index (χ1) is 17.7. The number of H-pyrrole nitrogens is 1. The lowest BCUT2D eigenvalue weighted by Gasteiger charge is -2.23. The zero-order valence-electron chi connectivity index (χ0n) is 22.0. The summed E-state index contributed by atoms with van der Waals surface area (Å²) in [7, 11) is 0. The van der Waals surface area contributed by atoms with Gasteiger partial charge in [-0.1, -0.05) is 53.0 Å². The summed E-state index contributed by atoms with van der Waals surface area (Å²) in [5.74, 6) is 0.256. The molecule has 7 nitrogen and oxygen atoms in total. The van der Waals surface area contributed by atoms with E-state index in [-0.39, 0.29) is 18.1 Å².